The van der Waals surface area contributed by atoms with Gasteiger partial charge in [0.25, 0.3) is 0 Å². The summed E-state index contributed by atoms with van der Waals surface area (Å²) in [5.41, 5.74) is 3.01. The number of hydrogen-bond donors (Lipinski definition) is 1. The molecule has 0 fully saturated rings. The predicted molar refractivity (Wildman–Crippen MR) is 107 cm³/mol. The van der Waals surface area contributed by atoms with Crippen LogP contribution < -0.4 is 5.32 Å². The number of benzene rings is 1. The summed E-state index contributed by atoms with van der Waals surface area (Å²) < 4.78 is 1.97. The van der Waals surface area contributed by atoms with Gasteiger partial charge in [-0.2, -0.15) is 5.10 Å². The van der Waals surface area contributed by atoms with Gasteiger partial charge < -0.3 is 10.2 Å². The highest BCUT2D eigenvalue weighted by atomic mass is 16.2. The Morgan fingerprint density at radius 2 is 2.04 bits per heavy atom. The second-order valence-corrected chi connectivity index (χ2v) is 7.07. The number of para-hydroxylation sites is 1. The van der Waals surface area contributed by atoms with E-state index in [9.17, 15) is 4.79 Å². The number of hydrogen-bond acceptors (Lipinski definition) is 3. The highest BCUT2D eigenvalue weighted by Gasteiger charge is 2.17. The Bertz CT molecular complexity index is 888. The van der Waals surface area contributed by atoms with E-state index in [4.69, 9.17) is 0 Å². The Morgan fingerprint density at radius 3 is 2.74 bits per heavy atom. The predicted octanol–water partition coefficient (Wildman–Crippen LogP) is 3.82. The molecule has 3 rings (SSSR count). The maximum Gasteiger partial charge on any atom is 0.318 e. The molecular formula is C21H27N5O. The minimum atomic E-state index is -0.0808. The lowest BCUT2D eigenvalue weighted by atomic mass is 10.2. The van der Waals surface area contributed by atoms with Crippen LogP contribution in [0.1, 0.15) is 32.0 Å². The first-order valence-electron chi connectivity index (χ1n) is 9.44. The van der Waals surface area contributed by atoms with E-state index in [0.717, 1.165) is 28.7 Å². The van der Waals surface area contributed by atoms with E-state index in [1.807, 2.05) is 33.8 Å². The fraction of sp³-hybridized carbons (Fsp3) is 0.381. The Labute approximate surface area is 160 Å². The number of carbonyl (C=O) groups is 1. The first-order chi connectivity index (χ1) is 13.1. The van der Waals surface area contributed by atoms with Gasteiger partial charge in [-0.25, -0.2) is 4.79 Å². The molecule has 0 bridgehead atoms. The third-order valence-electron chi connectivity index (χ3n) is 4.41. The van der Waals surface area contributed by atoms with Gasteiger partial charge in [0.2, 0.25) is 0 Å². The fourth-order valence-electron chi connectivity index (χ4n) is 3.21. The summed E-state index contributed by atoms with van der Waals surface area (Å²) in [5, 5.41) is 8.79. The molecule has 0 aliphatic rings. The van der Waals surface area contributed by atoms with Crippen LogP contribution in [0, 0.1) is 5.92 Å². The van der Waals surface area contributed by atoms with Crippen molar-refractivity contribution in [3.05, 3.63) is 60.0 Å². The van der Waals surface area contributed by atoms with Crippen molar-refractivity contribution in [3.8, 4) is 0 Å². The van der Waals surface area contributed by atoms with E-state index in [1.165, 1.54) is 0 Å². The molecule has 0 unspecified atom stereocenters. The number of rotatable bonds is 7. The first-order valence-corrected chi connectivity index (χ1v) is 9.44. The Morgan fingerprint density at radius 1 is 1.22 bits per heavy atom. The minimum absolute atomic E-state index is 0.0808. The zero-order valence-corrected chi connectivity index (χ0v) is 16.2. The lowest BCUT2D eigenvalue weighted by Gasteiger charge is -2.24. The first kappa shape index (κ1) is 18.9. The maximum atomic E-state index is 12.8. The van der Waals surface area contributed by atoms with Crippen molar-refractivity contribution >= 4 is 16.9 Å². The topological polar surface area (TPSA) is 63.1 Å². The number of urea groups is 1. The number of carbonyl (C=O) groups excluding carboxylic acids is 1. The molecule has 27 heavy (non-hydrogen) atoms. The average Bonchev–Trinajstić information content (AvgIpc) is 3.04. The van der Waals surface area contributed by atoms with Gasteiger partial charge in [0.1, 0.15) is 0 Å². The third kappa shape index (κ3) is 4.64. The van der Waals surface area contributed by atoms with E-state index in [2.05, 4.69) is 48.3 Å². The van der Waals surface area contributed by atoms with Gasteiger partial charge in [-0.1, -0.05) is 38.1 Å². The van der Waals surface area contributed by atoms with Crippen LogP contribution in [0.5, 0.6) is 0 Å². The van der Waals surface area contributed by atoms with Crippen LogP contribution in [0.2, 0.25) is 0 Å². The number of aryl methyl sites for hydroxylation is 1. The van der Waals surface area contributed by atoms with Crippen molar-refractivity contribution in [2.24, 2.45) is 5.92 Å². The number of nitrogens with one attached hydrogen (secondary N) is 1. The number of amides is 2. The van der Waals surface area contributed by atoms with E-state index < -0.39 is 0 Å². The zero-order chi connectivity index (χ0) is 19.2. The monoisotopic (exact) mass is 365 g/mol. The molecule has 142 valence electrons. The van der Waals surface area contributed by atoms with Gasteiger partial charge in [0.15, 0.2) is 0 Å². The highest BCUT2D eigenvalue weighted by molar-refractivity contribution is 5.82. The highest BCUT2D eigenvalue weighted by Crippen LogP contribution is 2.18. The summed E-state index contributed by atoms with van der Waals surface area (Å²) in [4.78, 5) is 18.8. The molecule has 0 radical (unpaired) electrons. The Kier molecular flexibility index (Phi) is 6.06. The van der Waals surface area contributed by atoms with Crippen LogP contribution >= 0.6 is 0 Å². The molecule has 2 aromatic heterocycles. The maximum absolute atomic E-state index is 12.8. The second kappa shape index (κ2) is 8.66. The van der Waals surface area contributed by atoms with Crippen molar-refractivity contribution in [1.82, 2.24) is 25.0 Å². The molecule has 3 aromatic rings. The van der Waals surface area contributed by atoms with Crippen LogP contribution in [0.15, 0.2) is 48.8 Å². The summed E-state index contributed by atoms with van der Waals surface area (Å²) in [5.74, 6) is 0.382. The number of pyridine rings is 1. The summed E-state index contributed by atoms with van der Waals surface area (Å²) in [6.45, 7) is 8.73. The number of aromatic nitrogens is 3. The fourth-order valence-corrected chi connectivity index (χ4v) is 3.21. The lowest BCUT2D eigenvalue weighted by molar-refractivity contribution is 0.187. The van der Waals surface area contributed by atoms with Crippen LogP contribution in [-0.4, -0.2) is 32.2 Å². The SMILES string of the molecule is CCn1nc(CNC(=O)N(Cc2cccnc2)CC(C)C)c2ccccc21. The van der Waals surface area contributed by atoms with Crippen molar-refractivity contribution in [2.45, 2.75) is 40.4 Å². The average molecular weight is 365 g/mol. The van der Waals surface area contributed by atoms with Crippen LogP contribution in [-0.2, 0) is 19.6 Å². The second-order valence-electron chi connectivity index (χ2n) is 7.07. The van der Waals surface area contributed by atoms with Gasteiger partial charge >= 0.3 is 6.03 Å². The smallest absolute Gasteiger partial charge is 0.318 e. The molecule has 1 aromatic carbocycles. The van der Waals surface area contributed by atoms with Gasteiger partial charge in [-0.15, -0.1) is 0 Å². The number of fused-ring (bicyclic) bond motifs is 1. The molecule has 6 heteroatoms. The van der Waals surface area contributed by atoms with Gasteiger partial charge in [-0.05, 0) is 30.5 Å². The van der Waals surface area contributed by atoms with Crippen molar-refractivity contribution in [2.75, 3.05) is 6.54 Å². The van der Waals surface area contributed by atoms with E-state index in [0.29, 0.717) is 25.6 Å². The van der Waals surface area contributed by atoms with E-state index >= 15 is 0 Å². The van der Waals surface area contributed by atoms with Gasteiger partial charge in [0, 0.05) is 37.4 Å². The number of nitrogens with zero attached hydrogens (tertiary/aromatic N) is 4. The van der Waals surface area contributed by atoms with Crippen molar-refractivity contribution in [3.63, 3.8) is 0 Å². The summed E-state index contributed by atoms with van der Waals surface area (Å²) in [6.07, 6.45) is 3.54. The molecule has 2 amide bonds. The molecule has 0 saturated heterocycles. The summed E-state index contributed by atoms with van der Waals surface area (Å²) >= 11 is 0. The normalized spacial score (nSPS) is 11.1. The third-order valence-corrected chi connectivity index (χ3v) is 4.41. The van der Waals surface area contributed by atoms with Gasteiger partial charge in [-0.3, -0.25) is 9.67 Å². The minimum Gasteiger partial charge on any atom is -0.332 e. The quantitative estimate of drug-likeness (QED) is 0.692. The molecule has 6 nitrogen and oxygen atoms in total. The molecule has 0 aliphatic carbocycles. The Hall–Kier alpha value is -2.89. The molecule has 0 atom stereocenters. The summed E-state index contributed by atoms with van der Waals surface area (Å²) in [6, 6.07) is 11.9. The molecule has 0 spiro atoms. The molecular weight excluding hydrogens is 338 g/mol. The van der Waals surface area contributed by atoms with Crippen molar-refractivity contribution < 1.29 is 4.79 Å². The molecule has 2 heterocycles. The van der Waals surface area contributed by atoms with Crippen LogP contribution in [0.3, 0.4) is 0 Å². The standard InChI is InChI=1S/C21H27N5O/c1-4-26-20-10-6-5-9-18(20)19(24-26)13-23-21(27)25(14-16(2)3)15-17-8-7-11-22-12-17/h5-12,16H,4,13-15H2,1-3H3,(H,23,27). The lowest BCUT2D eigenvalue weighted by Crippen LogP contribution is -2.41. The van der Waals surface area contributed by atoms with Crippen LogP contribution in [0.25, 0.3) is 10.9 Å². The van der Waals surface area contributed by atoms with Crippen LogP contribution in [0.4, 0.5) is 4.79 Å². The van der Waals surface area contributed by atoms with E-state index in [-0.39, 0.29) is 6.03 Å². The van der Waals surface area contributed by atoms with Gasteiger partial charge in [0.05, 0.1) is 17.8 Å². The van der Waals surface area contributed by atoms with E-state index in [1.54, 1.807) is 12.4 Å². The largest absolute Gasteiger partial charge is 0.332 e. The Balaban J connectivity index is 1.72. The molecule has 0 aliphatic heterocycles. The molecule has 0 saturated carbocycles. The molecule has 1 N–H and O–H groups in total. The summed E-state index contributed by atoms with van der Waals surface area (Å²) in [7, 11) is 0. The van der Waals surface area contributed by atoms with Crippen molar-refractivity contribution in [1.29, 1.82) is 0 Å². The zero-order valence-electron chi connectivity index (χ0n) is 16.2.